The van der Waals surface area contributed by atoms with Gasteiger partial charge in [-0.15, -0.1) is 17.9 Å². The van der Waals surface area contributed by atoms with E-state index in [2.05, 4.69) is 17.9 Å². The fourth-order valence-electron chi connectivity index (χ4n) is 0. The molecule has 0 saturated heterocycles. The maximum atomic E-state index is 7.00. The van der Waals surface area contributed by atoms with Crippen LogP contribution in [0.2, 0.25) is 0 Å². The highest BCUT2D eigenvalue weighted by Gasteiger charge is 0.882. The van der Waals surface area contributed by atoms with Crippen molar-refractivity contribution < 1.29 is 0 Å². The van der Waals surface area contributed by atoms with Crippen molar-refractivity contribution in [2.45, 2.75) is 0 Å². The molecule has 0 radical (unpaired) electrons. The van der Waals surface area contributed by atoms with Crippen molar-refractivity contribution in [2.24, 2.45) is 0 Å². The molecule has 0 rings (SSSR count). The molecule has 0 bridgehead atoms. The third-order valence-corrected chi connectivity index (χ3v) is 0. The maximum Gasteiger partial charge on any atom is 0 e. The Balaban J connectivity index is -0.0000000225. The number of hydrogen-bond acceptors (Lipinski definition) is 4. The molecule has 0 aromatic rings. The molecule has 0 aliphatic heterocycles. The van der Waals surface area contributed by atoms with Crippen LogP contribution in [-0.2, 0) is 0 Å². The molecule has 2 unspecified atom stereocenters. The fourth-order valence-corrected chi connectivity index (χ4v) is 0. The summed E-state index contributed by atoms with van der Waals surface area (Å²) in [5.74, 6) is 0. The average molecular weight is 130 g/mol. The molecule has 0 saturated carbocycles. The number of rotatable bonds is 0. The Morgan fingerprint density at radius 1 is 0.667 bits per heavy atom. The van der Waals surface area contributed by atoms with Crippen molar-refractivity contribution in [3.05, 3.63) is 19.9 Å². The van der Waals surface area contributed by atoms with Gasteiger partial charge < -0.3 is 0 Å². The standard InChI is InChI=1S/2O2.H4P2/c3*1-2/h;;1-2H2. The molecule has 38 valence electrons. The summed E-state index contributed by atoms with van der Waals surface area (Å²) < 4.78 is 0. The smallest absolute Gasteiger partial charge is 0 e. The minimum Gasteiger partial charge on any atom is -0.118 e. The van der Waals surface area contributed by atoms with E-state index in [4.69, 9.17) is 19.9 Å². The van der Waals surface area contributed by atoms with Gasteiger partial charge in [0.2, 0.25) is 0 Å². The molecule has 6 heteroatoms. The minimum atomic E-state index is 2.33. The van der Waals surface area contributed by atoms with Gasteiger partial charge in [0, 0.05) is 19.9 Å². The SMILES string of the molecule is O=O.O=O.PP. The third-order valence-electron chi connectivity index (χ3n) is 0. The molecule has 0 aromatic carbocycles. The molecular formula is H4O4P2. The average Bonchev–Trinajstić information content (AvgIpc) is 1.81. The van der Waals surface area contributed by atoms with Crippen molar-refractivity contribution >= 4 is 17.9 Å². The lowest BCUT2D eigenvalue weighted by atomic mass is 15.3. The second-order valence-electron chi connectivity index (χ2n) is 0. The van der Waals surface area contributed by atoms with Crippen molar-refractivity contribution in [2.75, 3.05) is 0 Å². The summed E-state index contributed by atoms with van der Waals surface area (Å²) in [7, 11) is 4.67. The zero-order valence-corrected chi connectivity index (χ0v) is 5.10. The van der Waals surface area contributed by atoms with Gasteiger partial charge in [-0.25, -0.2) is 0 Å². The van der Waals surface area contributed by atoms with Crippen molar-refractivity contribution in [3.63, 3.8) is 0 Å². The molecular weight excluding hydrogens is 126 g/mol. The van der Waals surface area contributed by atoms with Crippen LogP contribution in [0.1, 0.15) is 0 Å². The molecule has 0 heterocycles. The van der Waals surface area contributed by atoms with Crippen LogP contribution >= 0.6 is 17.9 Å². The molecule has 0 spiro atoms. The monoisotopic (exact) mass is 130 g/mol. The summed E-state index contributed by atoms with van der Waals surface area (Å²) in [5, 5.41) is 0. The van der Waals surface area contributed by atoms with E-state index in [1.54, 1.807) is 0 Å². The van der Waals surface area contributed by atoms with Crippen LogP contribution in [-0.4, -0.2) is 0 Å². The molecule has 0 fully saturated rings. The predicted octanol–water partition coefficient (Wildman–Crippen LogP) is 0.786. The molecule has 0 aliphatic rings. The van der Waals surface area contributed by atoms with Gasteiger partial charge in [-0.05, 0) is 0 Å². The fraction of sp³-hybridized carbons (Fsp3) is 0. The van der Waals surface area contributed by atoms with Crippen LogP contribution in [0.25, 0.3) is 0 Å². The Morgan fingerprint density at radius 2 is 0.667 bits per heavy atom. The van der Waals surface area contributed by atoms with Gasteiger partial charge in [0.25, 0.3) is 0 Å². The molecule has 6 heavy (non-hydrogen) atoms. The molecule has 0 amide bonds. The molecule has 4 nitrogen and oxygen atoms in total. The summed E-state index contributed by atoms with van der Waals surface area (Å²) in [4.78, 5) is 28.0. The summed E-state index contributed by atoms with van der Waals surface area (Å²) >= 11 is 0. The van der Waals surface area contributed by atoms with Gasteiger partial charge >= 0.3 is 0 Å². The first-order valence-corrected chi connectivity index (χ1v) is 3.33. The predicted molar refractivity (Wildman–Crippen MR) is 32.9 cm³/mol. The summed E-state index contributed by atoms with van der Waals surface area (Å²) in [5.41, 5.74) is 0. The summed E-state index contributed by atoms with van der Waals surface area (Å²) in [6.07, 6.45) is 0. The van der Waals surface area contributed by atoms with Crippen molar-refractivity contribution in [1.29, 1.82) is 0 Å². The molecule has 2 atom stereocenters. The molecule has 0 aliphatic carbocycles. The highest BCUT2D eigenvalue weighted by molar-refractivity contribution is 7.92. The quantitative estimate of drug-likeness (QED) is 0.454. The second kappa shape index (κ2) is 23200. The lowest BCUT2D eigenvalue weighted by molar-refractivity contribution is 2.66. The van der Waals surface area contributed by atoms with Crippen LogP contribution in [0, 0.1) is 19.9 Å². The first-order chi connectivity index (χ1) is 3.00. The zero-order chi connectivity index (χ0) is 6.00. The number of hydrogen-bond donors (Lipinski definition) is 0. The minimum absolute atomic E-state index is 2.33. The Kier molecular flexibility index (Phi) is 64000. The Morgan fingerprint density at radius 3 is 0.667 bits per heavy atom. The van der Waals surface area contributed by atoms with Crippen LogP contribution < -0.4 is 0 Å². The highest BCUT2D eigenvalue weighted by atomic mass is 32.0. The summed E-state index contributed by atoms with van der Waals surface area (Å²) in [6.45, 7) is 0. The van der Waals surface area contributed by atoms with Crippen molar-refractivity contribution in [1.82, 2.24) is 0 Å². The Bertz CT molecular complexity index is 7.51. The topological polar surface area (TPSA) is 68.3 Å². The molecule has 0 N–H and O–H groups in total. The van der Waals surface area contributed by atoms with Crippen LogP contribution in [0.5, 0.6) is 0 Å². The third kappa shape index (κ3) is 10600. The first-order valence-electron chi connectivity index (χ1n) is 0.667. The highest BCUT2D eigenvalue weighted by Crippen LogP contribution is 1.86. The van der Waals surface area contributed by atoms with Gasteiger partial charge in [-0.2, -0.15) is 0 Å². The van der Waals surface area contributed by atoms with E-state index in [9.17, 15) is 0 Å². The van der Waals surface area contributed by atoms with Gasteiger partial charge in [-0.1, -0.05) is 0 Å². The van der Waals surface area contributed by atoms with Gasteiger partial charge in [-0.3, -0.25) is 0 Å². The van der Waals surface area contributed by atoms with Crippen LogP contribution in [0.3, 0.4) is 0 Å². The maximum absolute atomic E-state index is 7.00. The Hall–Kier alpha value is 0.0600. The van der Waals surface area contributed by atoms with Gasteiger partial charge in [0.15, 0.2) is 0 Å². The summed E-state index contributed by atoms with van der Waals surface area (Å²) in [6, 6.07) is 0. The van der Waals surface area contributed by atoms with Gasteiger partial charge in [0.05, 0.1) is 0 Å². The lowest BCUT2D eigenvalue weighted by Crippen LogP contribution is -0.674. The first kappa shape index (κ1) is 16.6. The van der Waals surface area contributed by atoms with E-state index < -0.39 is 0 Å². The van der Waals surface area contributed by atoms with E-state index >= 15 is 0 Å². The van der Waals surface area contributed by atoms with E-state index in [1.165, 1.54) is 0 Å². The molecule has 0 aromatic heterocycles. The zero-order valence-electron chi connectivity index (χ0n) is 2.79. The van der Waals surface area contributed by atoms with Crippen LogP contribution in [0.4, 0.5) is 0 Å². The Labute approximate surface area is 38.8 Å². The van der Waals surface area contributed by atoms with Crippen LogP contribution in [0.15, 0.2) is 0 Å². The van der Waals surface area contributed by atoms with Gasteiger partial charge in [0.1, 0.15) is 0 Å². The van der Waals surface area contributed by atoms with E-state index in [0.29, 0.717) is 0 Å². The van der Waals surface area contributed by atoms with E-state index in [1.807, 2.05) is 0 Å². The lowest BCUT2D eigenvalue weighted by Gasteiger charge is -1.12. The normalized spacial score (nSPS) is 2.33. The second-order valence-corrected chi connectivity index (χ2v) is 0. The van der Waals surface area contributed by atoms with E-state index in [0.717, 1.165) is 0 Å². The largest absolute Gasteiger partial charge is 0.118 e. The van der Waals surface area contributed by atoms with E-state index in [-0.39, 0.29) is 0 Å². The van der Waals surface area contributed by atoms with Crippen molar-refractivity contribution in [3.8, 4) is 0 Å².